The van der Waals surface area contributed by atoms with Crippen LogP contribution in [0.2, 0.25) is 0 Å². The Hall–Kier alpha value is -1.93. The Balaban J connectivity index is 2.10. The van der Waals surface area contributed by atoms with Crippen LogP contribution in [0.3, 0.4) is 0 Å². The van der Waals surface area contributed by atoms with Gasteiger partial charge in [-0.25, -0.2) is 13.6 Å². The van der Waals surface area contributed by atoms with E-state index in [1.807, 2.05) is 0 Å². The Bertz CT molecular complexity index is 694. The maximum atomic E-state index is 12.1. The van der Waals surface area contributed by atoms with Crippen molar-refractivity contribution in [2.45, 2.75) is 18.7 Å². The smallest absolute Gasteiger partial charge is 0.307 e. The first-order chi connectivity index (χ1) is 9.55. The largest absolute Gasteiger partial charge is 0.481 e. The highest BCUT2D eigenvalue weighted by atomic mass is 32.2. The molecule has 0 radical (unpaired) electrons. The molecule has 8 heteroatoms. The molecule has 1 amide bonds. The van der Waals surface area contributed by atoms with Crippen molar-refractivity contribution in [2.24, 2.45) is 22.4 Å². The molecule has 7 nitrogen and oxygen atoms in total. The molecule has 114 valence electrons. The molecule has 1 aliphatic carbocycles. The van der Waals surface area contributed by atoms with E-state index < -0.39 is 39.2 Å². The van der Waals surface area contributed by atoms with Crippen molar-refractivity contribution >= 4 is 27.6 Å². The quantitative estimate of drug-likeness (QED) is 0.751. The van der Waals surface area contributed by atoms with Gasteiger partial charge in [0.25, 0.3) is 0 Å². The molecule has 0 aromatic heterocycles. The van der Waals surface area contributed by atoms with Crippen LogP contribution in [-0.4, -0.2) is 25.4 Å². The van der Waals surface area contributed by atoms with Crippen LogP contribution >= 0.6 is 0 Å². The van der Waals surface area contributed by atoms with Crippen LogP contribution in [-0.2, 0) is 19.6 Å². The second kappa shape index (κ2) is 4.81. The fraction of sp³-hybridized carbons (Fsp3) is 0.385. The molecule has 1 aromatic carbocycles. The highest BCUT2D eigenvalue weighted by Gasteiger charge is 2.65. The first kappa shape index (κ1) is 15.5. The standard InChI is InChI=1S/C13H16N2O5S/c1-13(2)9(10(13)12(17)18)11(16)15-7-3-5-8(6-4-7)21(14,19)20/h3-6,9-10H,1-2H3,(H,15,16)(H,17,18)(H2,14,19,20)/t9-,10+/m1/s1. The minimum absolute atomic E-state index is 0.0596. The van der Waals surface area contributed by atoms with E-state index in [0.29, 0.717) is 5.69 Å². The number of hydrogen-bond donors (Lipinski definition) is 3. The first-order valence-electron chi connectivity index (χ1n) is 6.21. The Labute approximate surface area is 122 Å². The van der Waals surface area contributed by atoms with Gasteiger partial charge in [0.15, 0.2) is 0 Å². The van der Waals surface area contributed by atoms with E-state index in [2.05, 4.69) is 5.32 Å². The van der Waals surface area contributed by atoms with Crippen molar-refractivity contribution in [3.63, 3.8) is 0 Å². The zero-order valence-corrected chi connectivity index (χ0v) is 12.3. The van der Waals surface area contributed by atoms with Gasteiger partial charge in [0.05, 0.1) is 16.7 Å². The number of nitrogens with one attached hydrogen (secondary N) is 1. The number of carboxylic acid groups (broad SMARTS) is 1. The van der Waals surface area contributed by atoms with Crippen LogP contribution in [0.4, 0.5) is 5.69 Å². The molecule has 1 saturated carbocycles. The van der Waals surface area contributed by atoms with Crippen molar-refractivity contribution in [1.82, 2.24) is 0 Å². The van der Waals surface area contributed by atoms with Crippen molar-refractivity contribution in [3.8, 4) is 0 Å². The van der Waals surface area contributed by atoms with E-state index in [9.17, 15) is 18.0 Å². The maximum Gasteiger partial charge on any atom is 0.307 e. The number of amides is 1. The lowest BCUT2D eigenvalue weighted by Gasteiger charge is -2.06. The summed E-state index contributed by atoms with van der Waals surface area (Å²) in [5, 5.41) is 16.6. The second-order valence-electron chi connectivity index (χ2n) is 5.67. The number of rotatable bonds is 4. The zero-order valence-electron chi connectivity index (χ0n) is 11.5. The third-order valence-electron chi connectivity index (χ3n) is 3.83. The third-order valence-corrected chi connectivity index (χ3v) is 4.76. The lowest BCUT2D eigenvalue weighted by Crippen LogP contribution is -2.18. The lowest BCUT2D eigenvalue weighted by atomic mass is 10.1. The van der Waals surface area contributed by atoms with Gasteiger partial charge in [-0.3, -0.25) is 9.59 Å². The maximum absolute atomic E-state index is 12.1. The highest BCUT2D eigenvalue weighted by molar-refractivity contribution is 7.89. The van der Waals surface area contributed by atoms with E-state index in [1.165, 1.54) is 24.3 Å². The van der Waals surface area contributed by atoms with Crippen molar-refractivity contribution in [2.75, 3.05) is 5.32 Å². The SMILES string of the molecule is CC1(C)[C@H](C(=O)O)[C@@H]1C(=O)Nc1ccc(S(N)(=O)=O)cc1. The Morgan fingerprint density at radius 3 is 2.10 bits per heavy atom. The van der Waals surface area contributed by atoms with Gasteiger partial charge in [0.1, 0.15) is 0 Å². The van der Waals surface area contributed by atoms with Gasteiger partial charge >= 0.3 is 5.97 Å². The summed E-state index contributed by atoms with van der Waals surface area (Å²) in [5.41, 5.74) is -0.199. The number of benzene rings is 1. The van der Waals surface area contributed by atoms with Gasteiger partial charge < -0.3 is 10.4 Å². The fourth-order valence-electron chi connectivity index (χ4n) is 2.54. The molecule has 0 bridgehead atoms. The number of carbonyl (C=O) groups excluding carboxylic acids is 1. The lowest BCUT2D eigenvalue weighted by molar-refractivity contribution is -0.140. The molecule has 0 heterocycles. The molecule has 0 saturated heterocycles. The topological polar surface area (TPSA) is 127 Å². The number of primary sulfonamides is 1. The van der Waals surface area contributed by atoms with E-state index in [4.69, 9.17) is 10.2 Å². The average Bonchev–Trinajstić information content (AvgIpc) is 2.92. The summed E-state index contributed by atoms with van der Waals surface area (Å²) in [6, 6.07) is 5.36. The number of sulfonamides is 1. The summed E-state index contributed by atoms with van der Waals surface area (Å²) in [7, 11) is -3.78. The zero-order chi connectivity index (χ0) is 16.0. The molecule has 0 unspecified atom stereocenters. The van der Waals surface area contributed by atoms with Crippen molar-refractivity contribution in [3.05, 3.63) is 24.3 Å². The number of anilines is 1. The highest BCUT2D eigenvalue weighted by Crippen LogP contribution is 2.58. The summed E-state index contributed by atoms with van der Waals surface area (Å²) in [5.74, 6) is -2.70. The van der Waals surface area contributed by atoms with Crippen molar-refractivity contribution in [1.29, 1.82) is 0 Å². The van der Waals surface area contributed by atoms with Gasteiger partial charge in [-0.05, 0) is 29.7 Å². The first-order valence-corrected chi connectivity index (χ1v) is 7.76. The molecule has 2 rings (SSSR count). The summed E-state index contributed by atoms with van der Waals surface area (Å²) in [6.07, 6.45) is 0. The van der Waals surface area contributed by atoms with E-state index >= 15 is 0 Å². The number of hydrogen-bond acceptors (Lipinski definition) is 4. The van der Waals surface area contributed by atoms with Gasteiger partial charge in [0.2, 0.25) is 15.9 Å². The Morgan fingerprint density at radius 2 is 1.71 bits per heavy atom. The molecule has 21 heavy (non-hydrogen) atoms. The van der Waals surface area contributed by atoms with Crippen LogP contribution in [0.25, 0.3) is 0 Å². The summed E-state index contributed by atoms with van der Waals surface area (Å²) in [4.78, 5) is 23.0. The number of nitrogens with two attached hydrogens (primary N) is 1. The van der Waals surface area contributed by atoms with Crippen LogP contribution in [0, 0.1) is 17.3 Å². The molecular formula is C13H16N2O5S. The van der Waals surface area contributed by atoms with Crippen LogP contribution in [0.15, 0.2) is 29.2 Å². The van der Waals surface area contributed by atoms with Crippen LogP contribution < -0.4 is 10.5 Å². The summed E-state index contributed by atoms with van der Waals surface area (Å²) < 4.78 is 22.2. The van der Waals surface area contributed by atoms with Gasteiger partial charge in [-0.15, -0.1) is 0 Å². The number of aliphatic carboxylic acids is 1. The monoisotopic (exact) mass is 312 g/mol. The predicted molar refractivity (Wildman–Crippen MR) is 74.8 cm³/mol. The molecule has 0 aliphatic heterocycles. The fourth-order valence-corrected chi connectivity index (χ4v) is 3.05. The summed E-state index contributed by atoms with van der Waals surface area (Å²) in [6.45, 7) is 3.44. The average molecular weight is 312 g/mol. The van der Waals surface area contributed by atoms with E-state index in [0.717, 1.165) is 0 Å². The Kier molecular flexibility index (Phi) is 3.54. The third kappa shape index (κ3) is 2.91. The molecule has 1 fully saturated rings. The second-order valence-corrected chi connectivity index (χ2v) is 7.24. The van der Waals surface area contributed by atoms with Gasteiger partial charge in [0, 0.05) is 5.69 Å². The molecule has 1 aromatic rings. The van der Waals surface area contributed by atoms with E-state index in [-0.39, 0.29) is 4.90 Å². The normalized spacial score (nSPS) is 23.4. The molecular weight excluding hydrogens is 296 g/mol. The van der Waals surface area contributed by atoms with Gasteiger partial charge in [-0.1, -0.05) is 13.8 Å². The van der Waals surface area contributed by atoms with Crippen LogP contribution in [0.1, 0.15) is 13.8 Å². The predicted octanol–water partition coefficient (Wildman–Crippen LogP) is 0.629. The number of carboxylic acids is 1. The van der Waals surface area contributed by atoms with Crippen molar-refractivity contribution < 1.29 is 23.1 Å². The molecule has 4 N–H and O–H groups in total. The minimum Gasteiger partial charge on any atom is -0.481 e. The van der Waals surface area contributed by atoms with Crippen LogP contribution in [0.5, 0.6) is 0 Å². The molecule has 2 atom stereocenters. The molecule has 1 aliphatic rings. The summed E-state index contributed by atoms with van der Waals surface area (Å²) >= 11 is 0. The van der Waals surface area contributed by atoms with Gasteiger partial charge in [-0.2, -0.15) is 0 Å². The molecule has 0 spiro atoms. The number of carbonyl (C=O) groups is 2. The Morgan fingerprint density at radius 1 is 1.19 bits per heavy atom. The minimum atomic E-state index is -3.78. The van der Waals surface area contributed by atoms with E-state index in [1.54, 1.807) is 13.8 Å².